The molecule has 0 saturated carbocycles. The molecule has 5 heteroatoms. The van der Waals surface area contributed by atoms with Crippen molar-refractivity contribution in [3.8, 4) is 11.5 Å². The van der Waals surface area contributed by atoms with E-state index in [1.165, 1.54) is 6.26 Å². The number of rotatable bonds is 3. The minimum atomic E-state index is -0.488. The Morgan fingerprint density at radius 1 is 1.41 bits per heavy atom. The summed E-state index contributed by atoms with van der Waals surface area (Å²) in [7, 11) is 0. The maximum Gasteiger partial charge on any atom is 0.360 e. The zero-order valence-electron chi connectivity index (χ0n) is 9.34. The van der Waals surface area contributed by atoms with Crippen LogP contribution in [0.2, 0.25) is 0 Å². The van der Waals surface area contributed by atoms with Crippen molar-refractivity contribution >= 4 is 11.7 Å². The third-order valence-electron chi connectivity index (χ3n) is 2.15. The molecule has 0 saturated heterocycles. The average Bonchev–Trinajstić information content (AvgIpc) is 2.80. The van der Waals surface area contributed by atoms with Gasteiger partial charge in [-0.1, -0.05) is 0 Å². The number of esters is 1. The van der Waals surface area contributed by atoms with E-state index in [2.05, 4.69) is 4.98 Å². The quantitative estimate of drug-likeness (QED) is 0.647. The van der Waals surface area contributed by atoms with Crippen molar-refractivity contribution in [1.29, 1.82) is 0 Å². The molecular formula is C12H12N2O3. The van der Waals surface area contributed by atoms with E-state index in [1.54, 1.807) is 31.2 Å². The zero-order chi connectivity index (χ0) is 12.3. The standard InChI is InChI=1S/C12H12N2O3/c1-2-16-12(15)10-7-17-11(14-10)8-3-5-9(13)6-4-8/h3-7H,2,13H2,1H3. The van der Waals surface area contributed by atoms with Crippen LogP contribution in [-0.4, -0.2) is 17.6 Å². The molecule has 1 aromatic carbocycles. The molecule has 0 aliphatic carbocycles. The number of aromatic nitrogens is 1. The second-order valence-corrected chi connectivity index (χ2v) is 3.38. The molecular weight excluding hydrogens is 220 g/mol. The summed E-state index contributed by atoms with van der Waals surface area (Å²) in [6.45, 7) is 2.04. The maximum atomic E-state index is 11.4. The molecule has 0 unspecified atom stereocenters. The number of nitrogens with two attached hydrogens (primary N) is 1. The Hall–Kier alpha value is -2.30. The van der Waals surface area contributed by atoms with Crippen molar-refractivity contribution in [2.24, 2.45) is 0 Å². The van der Waals surface area contributed by atoms with Gasteiger partial charge in [0.2, 0.25) is 5.89 Å². The second-order valence-electron chi connectivity index (χ2n) is 3.38. The minimum absolute atomic E-state index is 0.165. The van der Waals surface area contributed by atoms with E-state index in [4.69, 9.17) is 14.9 Å². The molecule has 88 valence electrons. The Bertz CT molecular complexity index is 517. The molecule has 0 aliphatic heterocycles. The highest BCUT2D eigenvalue weighted by Crippen LogP contribution is 2.20. The summed E-state index contributed by atoms with van der Waals surface area (Å²) in [6.07, 6.45) is 1.28. The zero-order valence-corrected chi connectivity index (χ0v) is 9.34. The first-order chi connectivity index (χ1) is 8.20. The predicted octanol–water partition coefficient (Wildman–Crippen LogP) is 2.10. The largest absolute Gasteiger partial charge is 0.461 e. The van der Waals surface area contributed by atoms with Crippen LogP contribution in [0, 0.1) is 0 Å². The molecule has 2 rings (SSSR count). The van der Waals surface area contributed by atoms with E-state index in [0.717, 1.165) is 5.56 Å². The molecule has 1 aromatic heterocycles. The van der Waals surface area contributed by atoms with Crippen molar-refractivity contribution in [3.63, 3.8) is 0 Å². The number of carbonyl (C=O) groups excluding carboxylic acids is 1. The third kappa shape index (κ3) is 2.44. The van der Waals surface area contributed by atoms with Gasteiger partial charge < -0.3 is 14.9 Å². The molecule has 0 radical (unpaired) electrons. The number of nitrogen functional groups attached to an aromatic ring is 1. The lowest BCUT2D eigenvalue weighted by Crippen LogP contribution is -2.04. The van der Waals surface area contributed by atoms with Crippen LogP contribution in [-0.2, 0) is 4.74 Å². The summed E-state index contributed by atoms with van der Waals surface area (Å²) in [5.41, 5.74) is 7.16. The summed E-state index contributed by atoms with van der Waals surface area (Å²) >= 11 is 0. The van der Waals surface area contributed by atoms with Crippen LogP contribution >= 0.6 is 0 Å². The van der Waals surface area contributed by atoms with Crippen LogP contribution in [0.3, 0.4) is 0 Å². The second kappa shape index (κ2) is 4.69. The van der Waals surface area contributed by atoms with E-state index < -0.39 is 5.97 Å². The molecule has 5 nitrogen and oxygen atoms in total. The third-order valence-corrected chi connectivity index (χ3v) is 2.15. The van der Waals surface area contributed by atoms with Crippen LogP contribution in [0.15, 0.2) is 34.9 Å². The fourth-order valence-electron chi connectivity index (χ4n) is 1.33. The first kappa shape index (κ1) is 11.2. The van der Waals surface area contributed by atoms with Crippen molar-refractivity contribution in [1.82, 2.24) is 4.98 Å². The summed E-state index contributed by atoms with van der Waals surface area (Å²) in [6, 6.07) is 7.03. The predicted molar refractivity (Wildman–Crippen MR) is 62.3 cm³/mol. The van der Waals surface area contributed by atoms with Crippen molar-refractivity contribution in [3.05, 3.63) is 36.2 Å². The molecule has 0 amide bonds. The summed E-state index contributed by atoms with van der Waals surface area (Å²) in [4.78, 5) is 15.4. The first-order valence-electron chi connectivity index (χ1n) is 5.19. The number of ether oxygens (including phenoxy) is 1. The lowest BCUT2D eigenvalue weighted by atomic mass is 10.2. The molecule has 0 bridgehead atoms. The van der Waals surface area contributed by atoms with Crippen LogP contribution in [0.1, 0.15) is 17.4 Å². The number of carbonyl (C=O) groups is 1. The molecule has 2 N–H and O–H groups in total. The monoisotopic (exact) mass is 232 g/mol. The smallest absolute Gasteiger partial charge is 0.360 e. The fourth-order valence-corrected chi connectivity index (χ4v) is 1.33. The van der Waals surface area contributed by atoms with Crippen LogP contribution in [0.5, 0.6) is 0 Å². The van der Waals surface area contributed by atoms with Gasteiger partial charge in [0.1, 0.15) is 6.26 Å². The lowest BCUT2D eigenvalue weighted by Gasteiger charge is -1.96. The Morgan fingerprint density at radius 2 is 2.12 bits per heavy atom. The van der Waals surface area contributed by atoms with Crippen LogP contribution < -0.4 is 5.73 Å². The van der Waals surface area contributed by atoms with E-state index in [0.29, 0.717) is 18.2 Å². The van der Waals surface area contributed by atoms with Crippen molar-refractivity contribution < 1.29 is 13.9 Å². The van der Waals surface area contributed by atoms with Crippen LogP contribution in [0.25, 0.3) is 11.5 Å². The van der Waals surface area contributed by atoms with Gasteiger partial charge in [-0.2, -0.15) is 0 Å². The summed E-state index contributed by atoms with van der Waals surface area (Å²) in [5.74, 6) is -0.119. The molecule has 0 aliphatic rings. The van der Waals surface area contributed by atoms with Crippen LogP contribution in [0.4, 0.5) is 5.69 Å². The highest BCUT2D eigenvalue weighted by molar-refractivity contribution is 5.87. The van der Waals surface area contributed by atoms with Gasteiger partial charge in [-0.3, -0.25) is 0 Å². The number of oxazole rings is 1. The number of benzene rings is 1. The highest BCUT2D eigenvalue weighted by atomic mass is 16.5. The van der Waals surface area contributed by atoms with E-state index in [1.807, 2.05) is 0 Å². The normalized spacial score (nSPS) is 10.2. The van der Waals surface area contributed by atoms with Crippen molar-refractivity contribution in [2.45, 2.75) is 6.92 Å². The average molecular weight is 232 g/mol. The number of hydrogen-bond acceptors (Lipinski definition) is 5. The molecule has 1 heterocycles. The molecule has 0 spiro atoms. The van der Waals surface area contributed by atoms with E-state index >= 15 is 0 Å². The Morgan fingerprint density at radius 3 is 2.76 bits per heavy atom. The van der Waals surface area contributed by atoms with Gasteiger partial charge in [-0.05, 0) is 31.2 Å². The molecule has 0 fully saturated rings. The SMILES string of the molecule is CCOC(=O)c1coc(-c2ccc(N)cc2)n1. The van der Waals surface area contributed by atoms with Gasteiger partial charge >= 0.3 is 5.97 Å². The van der Waals surface area contributed by atoms with E-state index in [-0.39, 0.29) is 5.69 Å². The number of anilines is 1. The van der Waals surface area contributed by atoms with Gasteiger partial charge in [0.05, 0.1) is 6.61 Å². The minimum Gasteiger partial charge on any atom is -0.461 e. The van der Waals surface area contributed by atoms with Crippen molar-refractivity contribution in [2.75, 3.05) is 12.3 Å². The first-order valence-corrected chi connectivity index (χ1v) is 5.19. The van der Waals surface area contributed by atoms with Gasteiger partial charge in [-0.25, -0.2) is 9.78 Å². The Kier molecular flexibility index (Phi) is 3.09. The molecule has 2 aromatic rings. The lowest BCUT2D eigenvalue weighted by molar-refractivity contribution is 0.0519. The Labute approximate surface area is 98.2 Å². The Balaban J connectivity index is 2.23. The van der Waals surface area contributed by atoms with E-state index in [9.17, 15) is 4.79 Å². The van der Waals surface area contributed by atoms with Gasteiger partial charge in [-0.15, -0.1) is 0 Å². The van der Waals surface area contributed by atoms with Gasteiger partial charge in [0.15, 0.2) is 5.69 Å². The van der Waals surface area contributed by atoms with Gasteiger partial charge in [0.25, 0.3) is 0 Å². The highest BCUT2D eigenvalue weighted by Gasteiger charge is 2.13. The summed E-state index contributed by atoms with van der Waals surface area (Å²) in [5, 5.41) is 0. The van der Waals surface area contributed by atoms with Gasteiger partial charge in [0, 0.05) is 11.3 Å². The number of hydrogen-bond donors (Lipinski definition) is 1. The fraction of sp³-hybridized carbons (Fsp3) is 0.167. The molecule has 0 atom stereocenters. The number of nitrogens with zero attached hydrogens (tertiary/aromatic N) is 1. The topological polar surface area (TPSA) is 78.3 Å². The maximum absolute atomic E-state index is 11.4. The molecule has 17 heavy (non-hydrogen) atoms. The summed E-state index contributed by atoms with van der Waals surface area (Å²) < 4.78 is 10.0.